The predicted octanol–water partition coefficient (Wildman–Crippen LogP) is 2.89. The van der Waals surface area contributed by atoms with Crippen LogP contribution in [0.2, 0.25) is 0 Å². The summed E-state index contributed by atoms with van der Waals surface area (Å²) in [6, 6.07) is 1.57. The fourth-order valence-electron chi connectivity index (χ4n) is 2.62. The van der Waals surface area contributed by atoms with E-state index in [2.05, 4.69) is 37.9 Å². The summed E-state index contributed by atoms with van der Waals surface area (Å²) in [6.07, 6.45) is 5.47. The normalized spacial score (nSPS) is 29.2. The molecule has 1 rings (SSSR count). The molecule has 0 aromatic heterocycles. The van der Waals surface area contributed by atoms with Crippen LogP contribution in [0.5, 0.6) is 0 Å². The minimum atomic E-state index is 0.786. The number of nitrogens with zero attached hydrogens (tertiary/aromatic N) is 1. The predicted molar refractivity (Wildman–Crippen MR) is 71.8 cm³/mol. The number of hydrogen-bond donors (Lipinski definition) is 1. The molecule has 0 aromatic rings. The molecule has 1 aliphatic rings. The van der Waals surface area contributed by atoms with Crippen LogP contribution in [0.25, 0.3) is 0 Å². The van der Waals surface area contributed by atoms with Gasteiger partial charge in [-0.05, 0) is 39.2 Å². The summed E-state index contributed by atoms with van der Waals surface area (Å²) in [5, 5.41) is 3.58. The Morgan fingerprint density at radius 3 is 2.44 bits per heavy atom. The lowest BCUT2D eigenvalue weighted by molar-refractivity contribution is 0.104. The number of likely N-dealkylation sites (tertiary alicyclic amines) is 1. The van der Waals surface area contributed by atoms with Gasteiger partial charge in [-0.1, -0.05) is 26.7 Å². The van der Waals surface area contributed by atoms with Crippen LogP contribution in [0.4, 0.5) is 0 Å². The maximum Gasteiger partial charge on any atom is 0.0112 e. The number of hydrogen-bond acceptors (Lipinski definition) is 2. The van der Waals surface area contributed by atoms with E-state index in [0.29, 0.717) is 0 Å². The van der Waals surface area contributed by atoms with Crippen LogP contribution in [0, 0.1) is 5.92 Å². The fourth-order valence-corrected chi connectivity index (χ4v) is 2.62. The molecule has 1 heterocycles. The highest BCUT2D eigenvalue weighted by atomic mass is 15.2. The molecule has 16 heavy (non-hydrogen) atoms. The number of rotatable bonds is 6. The van der Waals surface area contributed by atoms with E-state index in [0.717, 1.165) is 24.5 Å². The average molecular weight is 226 g/mol. The van der Waals surface area contributed by atoms with Crippen LogP contribution in [-0.4, -0.2) is 36.6 Å². The van der Waals surface area contributed by atoms with E-state index in [1.807, 2.05) is 0 Å². The molecule has 96 valence electrons. The van der Waals surface area contributed by atoms with E-state index in [-0.39, 0.29) is 0 Å². The van der Waals surface area contributed by atoms with Gasteiger partial charge in [0.25, 0.3) is 0 Å². The molecule has 0 bridgehead atoms. The molecule has 3 unspecified atom stereocenters. The molecule has 3 atom stereocenters. The quantitative estimate of drug-likeness (QED) is 0.701. The van der Waals surface area contributed by atoms with Gasteiger partial charge in [0.05, 0.1) is 0 Å². The fraction of sp³-hybridized carbons (Fsp3) is 1.00. The first kappa shape index (κ1) is 14.0. The molecule has 0 saturated carbocycles. The van der Waals surface area contributed by atoms with Crippen LogP contribution in [0.1, 0.15) is 53.4 Å². The number of piperidine rings is 1. The van der Waals surface area contributed by atoms with Crippen LogP contribution in [-0.2, 0) is 0 Å². The molecular weight excluding hydrogens is 196 g/mol. The van der Waals surface area contributed by atoms with E-state index in [1.165, 1.54) is 38.8 Å². The first-order chi connectivity index (χ1) is 7.65. The Morgan fingerprint density at radius 1 is 1.25 bits per heavy atom. The summed E-state index contributed by atoms with van der Waals surface area (Å²) < 4.78 is 0. The van der Waals surface area contributed by atoms with Gasteiger partial charge in [0.2, 0.25) is 0 Å². The lowest BCUT2D eigenvalue weighted by atomic mass is 9.98. The largest absolute Gasteiger partial charge is 0.315 e. The Labute approximate surface area is 102 Å². The standard InChI is InChI=1S/C14H30N2/c1-5-12(2)11-15-9-10-16-13(3)7-6-8-14(16)4/h12-15H,5-11H2,1-4H3. The van der Waals surface area contributed by atoms with E-state index >= 15 is 0 Å². The minimum Gasteiger partial charge on any atom is -0.315 e. The topological polar surface area (TPSA) is 15.3 Å². The van der Waals surface area contributed by atoms with E-state index < -0.39 is 0 Å². The second kappa shape index (κ2) is 7.29. The summed E-state index contributed by atoms with van der Waals surface area (Å²) in [7, 11) is 0. The Kier molecular flexibility index (Phi) is 6.37. The molecule has 0 aliphatic carbocycles. The Hall–Kier alpha value is -0.0800. The molecule has 1 fully saturated rings. The van der Waals surface area contributed by atoms with Gasteiger partial charge in [-0.25, -0.2) is 0 Å². The van der Waals surface area contributed by atoms with Gasteiger partial charge in [0.15, 0.2) is 0 Å². The summed E-state index contributed by atoms with van der Waals surface area (Å²) in [5.74, 6) is 0.816. The van der Waals surface area contributed by atoms with Crippen molar-refractivity contribution in [1.29, 1.82) is 0 Å². The van der Waals surface area contributed by atoms with Crippen LogP contribution < -0.4 is 5.32 Å². The Balaban J connectivity index is 2.15. The third-order valence-corrected chi connectivity index (χ3v) is 4.11. The van der Waals surface area contributed by atoms with Gasteiger partial charge < -0.3 is 5.32 Å². The van der Waals surface area contributed by atoms with Crippen LogP contribution in [0.3, 0.4) is 0 Å². The van der Waals surface area contributed by atoms with Crippen molar-refractivity contribution in [3.63, 3.8) is 0 Å². The van der Waals surface area contributed by atoms with Crippen molar-refractivity contribution in [2.45, 2.75) is 65.5 Å². The summed E-state index contributed by atoms with van der Waals surface area (Å²) >= 11 is 0. The lowest BCUT2D eigenvalue weighted by Crippen LogP contribution is -2.46. The molecule has 1 aliphatic heterocycles. The van der Waals surface area contributed by atoms with Crippen molar-refractivity contribution in [2.75, 3.05) is 19.6 Å². The Morgan fingerprint density at radius 2 is 1.88 bits per heavy atom. The Bertz CT molecular complexity index is 172. The molecule has 0 amide bonds. The highest BCUT2D eigenvalue weighted by molar-refractivity contribution is 4.79. The van der Waals surface area contributed by atoms with Crippen molar-refractivity contribution in [1.82, 2.24) is 10.2 Å². The molecule has 0 spiro atoms. The zero-order chi connectivity index (χ0) is 12.0. The maximum atomic E-state index is 3.58. The summed E-state index contributed by atoms with van der Waals surface area (Å²) in [5.41, 5.74) is 0. The third kappa shape index (κ3) is 4.42. The molecule has 0 radical (unpaired) electrons. The molecule has 1 N–H and O–H groups in total. The van der Waals surface area contributed by atoms with Crippen molar-refractivity contribution < 1.29 is 0 Å². The van der Waals surface area contributed by atoms with Gasteiger partial charge in [0, 0.05) is 25.2 Å². The third-order valence-electron chi connectivity index (χ3n) is 4.11. The van der Waals surface area contributed by atoms with Gasteiger partial charge in [-0.3, -0.25) is 4.90 Å². The van der Waals surface area contributed by atoms with E-state index in [1.54, 1.807) is 0 Å². The zero-order valence-electron chi connectivity index (χ0n) is 11.6. The second-order valence-corrected chi connectivity index (χ2v) is 5.58. The zero-order valence-corrected chi connectivity index (χ0v) is 11.6. The molecule has 1 saturated heterocycles. The van der Waals surface area contributed by atoms with Crippen molar-refractivity contribution >= 4 is 0 Å². The van der Waals surface area contributed by atoms with E-state index in [4.69, 9.17) is 0 Å². The SMILES string of the molecule is CCC(C)CNCCN1C(C)CCCC1C. The number of nitrogens with one attached hydrogen (secondary N) is 1. The van der Waals surface area contributed by atoms with Crippen LogP contribution in [0.15, 0.2) is 0 Å². The summed E-state index contributed by atoms with van der Waals surface area (Å²) in [6.45, 7) is 12.9. The first-order valence-corrected chi connectivity index (χ1v) is 7.11. The van der Waals surface area contributed by atoms with Crippen molar-refractivity contribution in [3.05, 3.63) is 0 Å². The monoisotopic (exact) mass is 226 g/mol. The molecular formula is C14H30N2. The first-order valence-electron chi connectivity index (χ1n) is 7.11. The van der Waals surface area contributed by atoms with Crippen molar-refractivity contribution in [3.8, 4) is 0 Å². The summed E-state index contributed by atoms with van der Waals surface area (Å²) in [4.78, 5) is 2.67. The highest BCUT2D eigenvalue weighted by Crippen LogP contribution is 2.21. The smallest absolute Gasteiger partial charge is 0.0112 e. The van der Waals surface area contributed by atoms with Gasteiger partial charge in [-0.15, -0.1) is 0 Å². The molecule has 2 heteroatoms. The van der Waals surface area contributed by atoms with E-state index in [9.17, 15) is 0 Å². The van der Waals surface area contributed by atoms with Gasteiger partial charge in [-0.2, -0.15) is 0 Å². The average Bonchev–Trinajstić information content (AvgIpc) is 2.27. The van der Waals surface area contributed by atoms with Crippen molar-refractivity contribution in [2.24, 2.45) is 5.92 Å². The van der Waals surface area contributed by atoms with Crippen LogP contribution >= 0.6 is 0 Å². The second-order valence-electron chi connectivity index (χ2n) is 5.58. The molecule has 0 aromatic carbocycles. The minimum absolute atomic E-state index is 0.786. The van der Waals surface area contributed by atoms with Gasteiger partial charge in [0.1, 0.15) is 0 Å². The lowest BCUT2D eigenvalue weighted by Gasteiger charge is -2.39. The molecule has 2 nitrogen and oxygen atoms in total. The van der Waals surface area contributed by atoms with Gasteiger partial charge >= 0.3 is 0 Å². The highest BCUT2D eigenvalue weighted by Gasteiger charge is 2.23. The maximum absolute atomic E-state index is 3.58.